The summed E-state index contributed by atoms with van der Waals surface area (Å²) in [7, 11) is 1.58. The molecule has 0 aromatic heterocycles. The molecular formula is C40H62O13S. The molecule has 7 aliphatic rings. The van der Waals surface area contributed by atoms with E-state index in [0.717, 1.165) is 30.4 Å². The number of fused-ring (bicyclic) bond motifs is 8. The summed E-state index contributed by atoms with van der Waals surface area (Å²) in [5.41, 5.74) is 1.29. The number of hydrogen-bond donors (Lipinski definition) is 5. The summed E-state index contributed by atoms with van der Waals surface area (Å²) in [6.45, 7) is 10.1. The second-order valence-corrected chi connectivity index (χ2v) is 17.0. The molecule has 0 aromatic rings. The molecule has 0 aliphatic carbocycles. The minimum Gasteiger partial charge on any atom is -0.394 e. The highest BCUT2D eigenvalue weighted by molar-refractivity contribution is 7.80. The fourth-order valence-corrected chi connectivity index (χ4v) is 9.92. The molecule has 4 N–H and O–H groups in total. The number of ether oxygens (including phenoxy) is 7. The van der Waals surface area contributed by atoms with Gasteiger partial charge in [-0.15, -0.1) is 12.6 Å². The van der Waals surface area contributed by atoms with Gasteiger partial charge >= 0.3 is 0 Å². The highest BCUT2D eigenvalue weighted by Crippen LogP contribution is 2.42. The SMILES string of the molecule is C=C1CC2CCC(=O)C[C@H]3OC(CO)C(OC4CCC(CC(=O)CC5[C@H](CC6OC(CCC1O2)C[C@@H](C)C6=C)O[C@H](CC(O)CO)[C@@H]5OC)O[C@@H]4S)C3O. The Kier molecular flexibility index (Phi) is 14.9. The van der Waals surface area contributed by atoms with E-state index in [-0.39, 0.29) is 86.5 Å². The Labute approximate surface area is 324 Å². The second-order valence-electron chi connectivity index (χ2n) is 16.5. The minimum absolute atomic E-state index is 0.00643. The maximum absolute atomic E-state index is 13.8. The van der Waals surface area contributed by atoms with Crippen molar-refractivity contribution in [2.75, 3.05) is 20.3 Å². The van der Waals surface area contributed by atoms with Crippen LogP contribution in [0, 0.1) is 11.8 Å². The van der Waals surface area contributed by atoms with Gasteiger partial charge in [0.15, 0.2) is 0 Å². The normalized spacial score (nSPS) is 45.1. The first-order valence-corrected chi connectivity index (χ1v) is 20.5. The molecule has 7 rings (SSSR count). The number of methoxy groups -OCH3 is 1. The van der Waals surface area contributed by atoms with E-state index in [0.29, 0.717) is 32.1 Å². The Hall–Kier alpha value is -1.27. The van der Waals surface area contributed by atoms with Crippen molar-refractivity contribution in [2.45, 2.75) is 181 Å². The fraction of sp³-hybridized carbons (Fsp3) is 0.850. The molecule has 7 saturated heterocycles. The monoisotopic (exact) mass is 782 g/mol. The Morgan fingerprint density at radius 3 is 2.24 bits per heavy atom. The molecule has 7 fully saturated rings. The first kappa shape index (κ1) is 42.3. The number of thiol groups is 1. The van der Waals surface area contributed by atoms with Crippen LogP contribution in [0.5, 0.6) is 0 Å². The number of aliphatic hydroxyl groups excluding tert-OH is 4. The molecule has 7 aliphatic heterocycles. The van der Waals surface area contributed by atoms with E-state index < -0.39 is 73.1 Å². The number of aliphatic hydroxyl groups is 4. The summed E-state index contributed by atoms with van der Waals surface area (Å²) >= 11 is 4.65. The van der Waals surface area contributed by atoms with E-state index in [1.807, 2.05) is 0 Å². The van der Waals surface area contributed by atoms with Gasteiger partial charge in [0.05, 0.1) is 80.4 Å². The fourth-order valence-electron chi connectivity index (χ4n) is 9.53. The zero-order valence-electron chi connectivity index (χ0n) is 31.7. The van der Waals surface area contributed by atoms with Gasteiger partial charge in [0.25, 0.3) is 0 Å². The van der Waals surface area contributed by atoms with E-state index in [1.54, 1.807) is 7.11 Å². The van der Waals surface area contributed by atoms with Crippen LogP contribution in [0.25, 0.3) is 0 Å². The van der Waals surface area contributed by atoms with Crippen molar-refractivity contribution in [3.05, 3.63) is 24.3 Å². The van der Waals surface area contributed by atoms with Crippen molar-refractivity contribution < 1.29 is 63.2 Å². The van der Waals surface area contributed by atoms with E-state index in [1.165, 1.54) is 0 Å². The average Bonchev–Trinajstić information content (AvgIpc) is 3.76. The van der Waals surface area contributed by atoms with Crippen LogP contribution in [0.4, 0.5) is 0 Å². The summed E-state index contributed by atoms with van der Waals surface area (Å²) in [6, 6.07) is 0. The Morgan fingerprint density at radius 1 is 0.796 bits per heavy atom. The summed E-state index contributed by atoms with van der Waals surface area (Å²) in [5.74, 6) is -0.216. The lowest BCUT2D eigenvalue weighted by Gasteiger charge is -2.38. The van der Waals surface area contributed by atoms with Gasteiger partial charge in [0, 0.05) is 51.6 Å². The standard InChI is InChI=1S/C40H62O13S/c1-20-11-27-7-9-30-21(2)12-26(48-30)6-5-23(43)15-34-37(46)39(36(19-42)52-34)53-31-10-8-28(50-40(31)54)13-24(44)14-29-33(17-32(49-27)22(20)3)51-35(38(29)47-4)16-25(45)18-41/h20,25-42,45-46,54H,2-3,5-19H2,1,4H3/t20-,25?,26?,27?,28?,29?,30?,31?,32?,33+,34-,35-,36?,37?,38-,39?,40-/m1/s1. The minimum atomic E-state index is -1.13. The van der Waals surface area contributed by atoms with Gasteiger partial charge in [-0.1, -0.05) is 20.1 Å². The van der Waals surface area contributed by atoms with Crippen molar-refractivity contribution in [3.8, 4) is 0 Å². The van der Waals surface area contributed by atoms with Crippen LogP contribution in [0.1, 0.15) is 90.4 Å². The van der Waals surface area contributed by atoms with Crippen LogP contribution in [0.3, 0.4) is 0 Å². The van der Waals surface area contributed by atoms with Crippen LogP contribution in [-0.2, 0) is 42.7 Å². The quantitative estimate of drug-likeness (QED) is 0.203. The molecule has 7 heterocycles. The number of carbonyl (C=O) groups excluding carboxylic acids is 2. The maximum Gasteiger partial charge on any atom is 0.135 e. The summed E-state index contributed by atoms with van der Waals surface area (Å²) in [4.78, 5) is 26.9. The zero-order valence-corrected chi connectivity index (χ0v) is 32.6. The Balaban J connectivity index is 1.20. The van der Waals surface area contributed by atoms with Crippen molar-refractivity contribution >= 4 is 24.2 Å². The van der Waals surface area contributed by atoms with E-state index in [4.69, 9.17) is 33.2 Å². The molecule has 306 valence electrons. The Bertz CT molecular complexity index is 1310. The van der Waals surface area contributed by atoms with Gasteiger partial charge in [0.2, 0.25) is 0 Å². The maximum atomic E-state index is 13.8. The van der Waals surface area contributed by atoms with Crippen LogP contribution in [0.15, 0.2) is 24.3 Å². The highest BCUT2D eigenvalue weighted by atomic mass is 32.1. The number of carbonyl (C=O) groups is 2. The average molecular weight is 783 g/mol. The molecule has 8 bridgehead atoms. The molecule has 13 nitrogen and oxygen atoms in total. The third kappa shape index (κ3) is 10.0. The second kappa shape index (κ2) is 19.0. The number of ketones is 2. The summed E-state index contributed by atoms with van der Waals surface area (Å²) in [6.07, 6.45) is -1.93. The molecule has 17 atom stereocenters. The van der Waals surface area contributed by atoms with Crippen LogP contribution >= 0.6 is 12.6 Å². The highest BCUT2D eigenvalue weighted by Gasteiger charge is 2.49. The smallest absolute Gasteiger partial charge is 0.135 e. The lowest BCUT2D eigenvalue weighted by Crippen LogP contribution is -2.45. The van der Waals surface area contributed by atoms with E-state index in [2.05, 4.69) is 32.7 Å². The molecule has 0 radical (unpaired) electrons. The van der Waals surface area contributed by atoms with Gasteiger partial charge < -0.3 is 53.6 Å². The van der Waals surface area contributed by atoms with Crippen molar-refractivity contribution in [1.82, 2.24) is 0 Å². The predicted octanol–water partition coefficient (Wildman–Crippen LogP) is 2.77. The number of Topliss-reactive ketones (excluding diaryl/α,β-unsaturated/α-hetero) is 2. The van der Waals surface area contributed by atoms with Crippen molar-refractivity contribution in [3.63, 3.8) is 0 Å². The van der Waals surface area contributed by atoms with Gasteiger partial charge in [-0.3, -0.25) is 9.59 Å². The first-order chi connectivity index (χ1) is 25.9. The topological polar surface area (TPSA) is 180 Å². The lowest BCUT2D eigenvalue weighted by molar-refractivity contribution is -0.156. The molecule has 0 saturated carbocycles. The third-order valence-electron chi connectivity index (χ3n) is 12.6. The van der Waals surface area contributed by atoms with Crippen molar-refractivity contribution in [2.24, 2.45) is 11.8 Å². The van der Waals surface area contributed by atoms with Gasteiger partial charge in [0.1, 0.15) is 35.3 Å². The summed E-state index contributed by atoms with van der Waals surface area (Å²) in [5, 5.41) is 41.3. The molecule has 11 unspecified atom stereocenters. The molecule has 14 heteroatoms. The van der Waals surface area contributed by atoms with Gasteiger partial charge in [-0.2, -0.15) is 0 Å². The molecule has 0 amide bonds. The lowest BCUT2D eigenvalue weighted by atomic mass is 9.81. The van der Waals surface area contributed by atoms with Crippen LogP contribution < -0.4 is 0 Å². The van der Waals surface area contributed by atoms with Gasteiger partial charge in [-0.25, -0.2) is 0 Å². The number of hydrogen-bond acceptors (Lipinski definition) is 14. The predicted molar refractivity (Wildman–Crippen MR) is 199 cm³/mol. The van der Waals surface area contributed by atoms with Crippen LogP contribution in [-0.4, -0.2) is 143 Å². The largest absolute Gasteiger partial charge is 0.394 e. The van der Waals surface area contributed by atoms with E-state index in [9.17, 15) is 30.0 Å². The third-order valence-corrected chi connectivity index (χ3v) is 13.0. The summed E-state index contributed by atoms with van der Waals surface area (Å²) < 4.78 is 44.0. The zero-order chi connectivity index (χ0) is 38.7. The molecule has 0 spiro atoms. The molecular weight excluding hydrogens is 720 g/mol. The molecule has 54 heavy (non-hydrogen) atoms. The molecule has 0 aromatic carbocycles. The van der Waals surface area contributed by atoms with Crippen molar-refractivity contribution in [1.29, 1.82) is 0 Å². The Morgan fingerprint density at radius 2 is 1.52 bits per heavy atom. The number of rotatable bonds is 5. The van der Waals surface area contributed by atoms with Gasteiger partial charge in [-0.05, 0) is 62.0 Å². The first-order valence-electron chi connectivity index (χ1n) is 20.0. The van der Waals surface area contributed by atoms with E-state index >= 15 is 0 Å². The van der Waals surface area contributed by atoms with Crippen LogP contribution in [0.2, 0.25) is 0 Å².